The van der Waals surface area contributed by atoms with E-state index in [1.807, 2.05) is 0 Å². The van der Waals surface area contributed by atoms with Crippen molar-refractivity contribution in [2.75, 3.05) is 0 Å². The lowest BCUT2D eigenvalue weighted by Crippen LogP contribution is -2.47. The van der Waals surface area contributed by atoms with Gasteiger partial charge in [-0.05, 0) is 32.1 Å². The molecule has 4 heteroatoms. The maximum atomic E-state index is 12.0. The van der Waals surface area contributed by atoms with Crippen LogP contribution < -0.4 is 11.1 Å². The van der Waals surface area contributed by atoms with Gasteiger partial charge in [0, 0.05) is 12.0 Å². The quantitative estimate of drug-likeness (QED) is 0.773. The number of nitrogens with two attached hydrogens (primary N) is 1. The van der Waals surface area contributed by atoms with Crippen LogP contribution >= 0.6 is 0 Å². The molecule has 0 spiro atoms. The molecule has 0 aromatic rings. The summed E-state index contributed by atoms with van der Waals surface area (Å²) >= 11 is 0. The molecule has 2 saturated heterocycles. The summed E-state index contributed by atoms with van der Waals surface area (Å²) in [5, 5.41) is 3.12. The molecule has 4 nitrogen and oxygen atoms in total. The van der Waals surface area contributed by atoms with Crippen molar-refractivity contribution in [3.63, 3.8) is 0 Å². The van der Waals surface area contributed by atoms with Crippen molar-refractivity contribution in [2.24, 2.45) is 5.73 Å². The molecule has 0 aromatic heterocycles. The van der Waals surface area contributed by atoms with E-state index in [0.29, 0.717) is 12.5 Å². The van der Waals surface area contributed by atoms with E-state index in [-0.39, 0.29) is 23.6 Å². The highest BCUT2D eigenvalue weighted by molar-refractivity contribution is 5.77. The molecular weight excluding hydrogens is 216 g/mol. The predicted octanol–water partition coefficient (Wildman–Crippen LogP) is 1.08. The van der Waals surface area contributed by atoms with E-state index in [1.54, 1.807) is 0 Å². The number of hydrogen-bond donors (Lipinski definition) is 2. The molecule has 1 aliphatic carbocycles. The lowest BCUT2D eigenvalue weighted by atomic mass is 9.92. The molecule has 3 fully saturated rings. The Hall–Kier alpha value is -0.610. The number of amides is 1. The Kier molecular flexibility index (Phi) is 2.87. The third-order valence-electron chi connectivity index (χ3n) is 4.56. The number of fused-ring (bicyclic) bond motifs is 2. The van der Waals surface area contributed by atoms with Crippen LogP contribution in [0.4, 0.5) is 0 Å². The highest BCUT2D eigenvalue weighted by Crippen LogP contribution is 2.35. The van der Waals surface area contributed by atoms with E-state index in [0.717, 1.165) is 32.1 Å². The maximum absolute atomic E-state index is 12.0. The fourth-order valence-corrected chi connectivity index (χ4v) is 3.62. The minimum absolute atomic E-state index is 0.121. The molecule has 1 saturated carbocycles. The summed E-state index contributed by atoms with van der Waals surface area (Å²) in [4.78, 5) is 12.0. The van der Waals surface area contributed by atoms with E-state index in [4.69, 9.17) is 10.5 Å². The topological polar surface area (TPSA) is 64.4 Å². The summed E-state index contributed by atoms with van der Waals surface area (Å²) in [7, 11) is 0. The van der Waals surface area contributed by atoms with Gasteiger partial charge in [-0.1, -0.05) is 12.8 Å². The van der Waals surface area contributed by atoms with E-state index in [2.05, 4.69) is 5.32 Å². The molecule has 0 radical (unpaired) electrons. The number of carbonyl (C=O) groups is 1. The first kappa shape index (κ1) is 11.5. The second kappa shape index (κ2) is 4.25. The summed E-state index contributed by atoms with van der Waals surface area (Å²) in [6, 6.07) is 0.242. The van der Waals surface area contributed by atoms with Gasteiger partial charge >= 0.3 is 0 Å². The van der Waals surface area contributed by atoms with Gasteiger partial charge in [0.1, 0.15) is 0 Å². The van der Waals surface area contributed by atoms with Crippen LogP contribution in [0.2, 0.25) is 0 Å². The van der Waals surface area contributed by atoms with Gasteiger partial charge in [0.15, 0.2) is 0 Å². The largest absolute Gasteiger partial charge is 0.373 e. The first-order valence-corrected chi connectivity index (χ1v) is 6.88. The standard InChI is InChI=1S/C13H22N2O2/c14-13(5-1-2-6-13)8-12(16)15-10-7-9-3-4-11(10)17-9/h9-11H,1-8,14H2,(H,15,16). The fourth-order valence-electron chi connectivity index (χ4n) is 3.62. The van der Waals surface area contributed by atoms with Crippen molar-refractivity contribution in [3.05, 3.63) is 0 Å². The van der Waals surface area contributed by atoms with Crippen LogP contribution in [0.25, 0.3) is 0 Å². The van der Waals surface area contributed by atoms with E-state index < -0.39 is 0 Å². The van der Waals surface area contributed by atoms with Crippen molar-refractivity contribution < 1.29 is 9.53 Å². The molecule has 3 N–H and O–H groups in total. The van der Waals surface area contributed by atoms with Crippen molar-refractivity contribution in [2.45, 2.75) is 75.2 Å². The molecule has 3 rings (SSSR count). The van der Waals surface area contributed by atoms with Gasteiger partial charge in [0.25, 0.3) is 0 Å². The molecule has 96 valence electrons. The summed E-state index contributed by atoms with van der Waals surface area (Å²) < 4.78 is 5.73. The Morgan fingerprint density at radius 1 is 1.35 bits per heavy atom. The monoisotopic (exact) mass is 238 g/mol. The second-order valence-electron chi connectivity index (χ2n) is 6.03. The zero-order valence-electron chi connectivity index (χ0n) is 10.3. The summed E-state index contributed by atoms with van der Waals surface area (Å²) in [5.74, 6) is 0.121. The third-order valence-corrected chi connectivity index (χ3v) is 4.56. The molecular formula is C13H22N2O2. The van der Waals surface area contributed by atoms with Crippen LogP contribution in [0.1, 0.15) is 51.4 Å². The number of hydrogen-bond acceptors (Lipinski definition) is 3. The average Bonchev–Trinajstić information content (AvgIpc) is 2.93. The van der Waals surface area contributed by atoms with Crippen LogP contribution in [-0.4, -0.2) is 29.7 Å². The molecule has 17 heavy (non-hydrogen) atoms. The first-order chi connectivity index (χ1) is 8.15. The molecule has 1 amide bonds. The predicted molar refractivity (Wildman–Crippen MR) is 64.4 cm³/mol. The second-order valence-corrected chi connectivity index (χ2v) is 6.03. The van der Waals surface area contributed by atoms with Gasteiger partial charge in [-0.25, -0.2) is 0 Å². The summed E-state index contributed by atoms with van der Waals surface area (Å²) in [5.41, 5.74) is 5.98. The SMILES string of the molecule is NC1(CC(=O)NC2CC3CCC2O3)CCCC1. The fraction of sp³-hybridized carbons (Fsp3) is 0.923. The number of nitrogens with one attached hydrogen (secondary N) is 1. The zero-order chi connectivity index (χ0) is 11.9. The van der Waals surface area contributed by atoms with Crippen LogP contribution in [0.3, 0.4) is 0 Å². The van der Waals surface area contributed by atoms with E-state index >= 15 is 0 Å². The summed E-state index contributed by atoms with van der Waals surface area (Å²) in [6.07, 6.45) is 8.73. The van der Waals surface area contributed by atoms with Crippen LogP contribution in [-0.2, 0) is 9.53 Å². The Labute approximate surface area is 102 Å². The minimum atomic E-state index is -0.234. The Balaban J connectivity index is 1.50. The number of rotatable bonds is 3. The molecule has 3 atom stereocenters. The lowest BCUT2D eigenvalue weighted by molar-refractivity contribution is -0.123. The molecule has 2 bridgehead atoms. The Bertz CT molecular complexity index is 313. The first-order valence-electron chi connectivity index (χ1n) is 6.88. The molecule has 2 heterocycles. The van der Waals surface area contributed by atoms with Gasteiger partial charge < -0.3 is 15.8 Å². The van der Waals surface area contributed by atoms with Gasteiger partial charge in [-0.2, -0.15) is 0 Å². The number of ether oxygens (including phenoxy) is 1. The van der Waals surface area contributed by atoms with Gasteiger partial charge in [0.05, 0.1) is 18.2 Å². The third kappa shape index (κ3) is 2.33. The van der Waals surface area contributed by atoms with Crippen LogP contribution in [0.5, 0.6) is 0 Å². The van der Waals surface area contributed by atoms with Gasteiger partial charge in [-0.15, -0.1) is 0 Å². The number of carbonyl (C=O) groups excluding carboxylic acids is 1. The minimum Gasteiger partial charge on any atom is -0.373 e. The van der Waals surface area contributed by atoms with Crippen LogP contribution in [0.15, 0.2) is 0 Å². The molecule has 3 aliphatic rings. The van der Waals surface area contributed by atoms with E-state index in [9.17, 15) is 4.79 Å². The van der Waals surface area contributed by atoms with E-state index in [1.165, 1.54) is 12.8 Å². The maximum Gasteiger partial charge on any atom is 0.222 e. The van der Waals surface area contributed by atoms with Crippen molar-refractivity contribution >= 4 is 5.91 Å². The van der Waals surface area contributed by atoms with Crippen molar-refractivity contribution in [1.29, 1.82) is 0 Å². The zero-order valence-corrected chi connectivity index (χ0v) is 10.3. The molecule has 0 aromatic carbocycles. The van der Waals surface area contributed by atoms with Crippen LogP contribution in [0, 0.1) is 0 Å². The Morgan fingerprint density at radius 3 is 2.71 bits per heavy atom. The highest BCUT2D eigenvalue weighted by Gasteiger charge is 2.42. The lowest BCUT2D eigenvalue weighted by Gasteiger charge is -2.25. The molecule has 2 aliphatic heterocycles. The Morgan fingerprint density at radius 2 is 2.12 bits per heavy atom. The summed E-state index contributed by atoms with van der Waals surface area (Å²) in [6.45, 7) is 0. The smallest absolute Gasteiger partial charge is 0.222 e. The normalized spacial score (nSPS) is 38.5. The van der Waals surface area contributed by atoms with Gasteiger partial charge in [0.2, 0.25) is 5.91 Å². The van der Waals surface area contributed by atoms with Crippen molar-refractivity contribution in [1.82, 2.24) is 5.32 Å². The molecule has 3 unspecified atom stereocenters. The van der Waals surface area contributed by atoms with Gasteiger partial charge in [-0.3, -0.25) is 4.79 Å². The van der Waals surface area contributed by atoms with Crippen molar-refractivity contribution in [3.8, 4) is 0 Å². The highest BCUT2D eigenvalue weighted by atomic mass is 16.5. The average molecular weight is 238 g/mol.